The molecule has 0 aliphatic carbocycles. The number of nitrogens with zero attached hydrogens (tertiary/aromatic N) is 3. The first-order chi connectivity index (χ1) is 9.16. The van der Waals surface area contributed by atoms with Gasteiger partial charge in [0.1, 0.15) is 4.60 Å². The maximum atomic E-state index is 11.5. The molecule has 104 valence electrons. The molecule has 2 aliphatic heterocycles. The number of halogens is 1. The van der Waals surface area contributed by atoms with Gasteiger partial charge in [0, 0.05) is 37.8 Å². The molecule has 3 rings (SSSR count). The van der Waals surface area contributed by atoms with Crippen molar-refractivity contribution < 1.29 is 9.53 Å². The van der Waals surface area contributed by atoms with Crippen molar-refractivity contribution in [3.63, 3.8) is 0 Å². The monoisotopic (exact) mass is 327 g/mol. The predicted molar refractivity (Wildman–Crippen MR) is 73.6 cm³/mol. The molecule has 1 atom stereocenters. The average molecular weight is 328 g/mol. The van der Waals surface area contributed by atoms with Crippen molar-refractivity contribution in [3.05, 3.63) is 15.9 Å². The van der Waals surface area contributed by atoms with Gasteiger partial charge >= 0.3 is 0 Å². The molecule has 6 heteroatoms. The average Bonchev–Trinajstić information content (AvgIpc) is 2.77. The van der Waals surface area contributed by atoms with E-state index in [-0.39, 0.29) is 12.1 Å². The molecule has 1 aromatic rings. The van der Waals surface area contributed by atoms with Gasteiger partial charge in [0.05, 0.1) is 6.54 Å². The van der Waals surface area contributed by atoms with E-state index in [0.29, 0.717) is 6.54 Å². The Morgan fingerprint density at radius 3 is 3.00 bits per heavy atom. The molecule has 1 saturated heterocycles. The van der Waals surface area contributed by atoms with Gasteiger partial charge in [-0.3, -0.25) is 4.79 Å². The molecule has 5 nitrogen and oxygen atoms in total. The fourth-order valence-corrected chi connectivity index (χ4v) is 3.35. The van der Waals surface area contributed by atoms with Crippen LogP contribution in [0.2, 0.25) is 0 Å². The van der Waals surface area contributed by atoms with Gasteiger partial charge in [-0.25, -0.2) is 4.68 Å². The van der Waals surface area contributed by atoms with Crippen LogP contribution in [0.15, 0.2) is 4.60 Å². The van der Waals surface area contributed by atoms with Crippen LogP contribution in [0, 0.1) is 0 Å². The van der Waals surface area contributed by atoms with E-state index in [1.54, 1.807) is 6.92 Å². The molecule has 2 aliphatic rings. The van der Waals surface area contributed by atoms with Crippen molar-refractivity contribution in [2.75, 3.05) is 13.2 Å². The summed E-state index contributed by atoms with van der Waals surface area (Å²) in [7, 11) is 0. The van der Waals surface area contributed by atoms with Crippen LogP contribution in [-0.2, 0) is 22.5 Å². The fourth-order valence-electron chi connectivity index (χ4n) is 2.83. The number of fused-ring (bicyclic) bond motifs is 1. The van der Waals surface area contributed by atoms with Crippen molar-refractivity contribution >= 4 is 21.8 Å². The maximum absolute atomic E-state index is 11.5. The van der Waals surface area contributed by atoms with Gasteiger partial charge in [0.15, 0.2) is 6.23 Å². The minimum absolute atomic E-state index is 0.0673. The molecule has 1 amide bonds. The van der Waals surface area contributed by atoms with Crippen LogP contribution in [-0.4, -0.2) is 33.7 Å². The summed E-state index contributed by atoms with van der Waals surface area (Å²) in [4.78, 5) is 13.3. The summed E-state index contributed by atoms with van der Waals surface area (Å²) in [6.07, 6.45) is 4.28. The summed E-state index contributed by atoms with van der Waals surface area (Å²) >= 11 is 3.52. The number of hydrogen-bond acceptors (Lipinski definition) is 3. The Bertz CT molecular complexity index is 494. The Labute approximate surface area is 121 Å². The van der Waals surface area contributed by atoms with E-state index >= 15 is 0 Å². The van der Waals surface area contributed by atoms with Crippen molar-refractivity contribution in [1.82, 2.24) is 14.7 Å². The van der Waals surface area contributed by atoms with Crippen LogP contribution in [0.25, 0.3) is 0 Å². The number of carbonyl (C=O) groups is 1. The molecule has 0 bridgehead atoms. The van der Waals surface area contributed by atoms with Gasteiger partial charge in [-0.05, 0) is 35.2 Å². The van der Waals surface area contributed by atoms with E-state index in [1.165, 1.54) is 12.1 Å². The molecule has 0 saturated carbocycles. The number of carbonyl (C=O) groups excluding carboxylic acids is 1. The van der Waals surface area contributed by atoms with Crippen molar-refractivity contribution in [3.8, 4) is 0 Å². The highest BCUT2D eigenvalue weighted by atomic mass is 79.9. The molecular formula is C13H18BrN3O2. The zero-order chi connectivity index (χ0) is 13.4. The standard InChI is InChI=1S/C13H18BrN3O2/c1-9(18)16-6-5-11-10(8-16)13(14)15-17(11)12-4-2-3-7-19-12/h12H,2-8H2,1H3. The first-order valence-corrected chi connectivity index (χ1v) is 7.59. The first-order valence-electron chi connectivity index (χ1n) is 6.79. The minimum atomic E-state index is 0.0673. The Morgan fingerprint density at radius 2 is 2.32 bits per heavy atom. The highest BCUT2D eigenvalue weighted by Crippen LogP contribution is 2.31. The SMILES string of the molecule is CC(=O)N1CCc2c(c(Br)nn2C2CCCCO2)C1. The summed E-state index contributed by atoms with van der Waals surface area (Å²) in [6, 6.07) is 0. The molecule has 1 fully saturated rings. The van der Waals surface area contributed by atoms with E-state index in [1.807, 2.05) is 9.58 Å². The molecule has 0 spiro atoms. The number of amides is 1. The van der Waals surface area contributed by atoms with Gasteiger partial charge in [-0.2, -0.15) is 5.10 Å². The molecule has 19 heavy (non-hydrogen) atoms. The second kappa shape index (κ2) is 5.25. The van der Waals surface area contributed by atoms with Gasteiger partial charge in [0.2, 0.25) is 5.91 Å². The zero-order valence-electron chi connectivity index (χ0n) is 11.1. The highest BCUT2D eigenvalue weighted by molar-refractivity contribution is 9.10. The lowest BCUT2D eigenvalue weighted by molar-refractivity contribution is -0.129. The second-order valence-electron chi connectivity index (χ2n) is 5.17. The number of ether oxygens (including phenoxy) is 1. The number of hydrogen-bond donors (Lipinski definition) is 0. The lowest BCUT2D eigenvalue weighted by Gasteiger charge is -2.29. The van der Waals surface area contributed by atoms with Gasteiger partial charge in [-0.15, -0.1) is 0 Å². The largest absolute Gasteiger partial charge is 0.357 e. The second-order valence-corrected chi connectivity index (χ2v) is 5.92. The Morgan fingerprint density at radius 1 is 1.47 bits per heavy atom. The van der Waals surface area contributed by atoms with E-state index < -0.39 is 0 Å². The van der Waals surface area contributed by atoms with Crippen molar-refractivity contribution in [1.29, 1.82) is 0 Å². The van der Waals surface area contributed by atoms with Crippen LogP contribution in [0.4, 0.5) is 0 Å². The molecule has 3 heterocycles. The molecule has 0 aromatic carbocycles. The summed E-state index contributed by atoms with van der Waals surface area (Å²) in [5.74, 6) is 0.124. The lowest BCUT2D eigenvalue weighted by atomic mass is 10.1. The number of rotatable bonds is 1. The van der Waals surface area contributed by atoms with Crippen LogP contribution in [0.3, 0.4) is 0 Å². The third-order valence-electron chi connectivity index (χ3n) is 3.91. The van der Waals surface area contributed by atoms with E-state index in [9.17, 15) is 4.79 Å². The maximum Gasteiger partial charge on any atom is 0.219 e. The van der Waals surface area contributed by atoms with Gasteiger partial charge in [-0.1, -0.05) is 0 Å². The quantitative estimate of drug-likeness (QED) is 0.794. The summed E-state index contributed by atoms with van der Waals surface area (Å²) in [6.45, 7) is 3.86. The van der Waals surface area contributed by atoms with Crippen LogP contribution >= 0.6 is 15.9 Å². The van der Waals surface area contributed by atoms with Gasteiger partial charge < -0.3 is 9.64 Å². The predicted octanol–water partition coefficient (Wildman–Crippen LogP) is 2.25. The Balaban J connectivity index is 1.89. The van der Waals surface area contributed by atoms with E-state index in [4.69, 9.17) is 4.74 Å². The number of aromatic nitrogens is 2. The third-order valence-corrected chi connectivity index (χ3v) is 4.55. The lowest BCUT2D eigenvalue weighted by Crippen LogP contribution is -2.35. The minimum Gasteiger partial charge on any atom is -0.357 e. The van der Waals surface area contributed by atoms with Crippen molar-refractivity contribution in [2.24, 2.45) is 0 Å². The molecule has 1 unspecified atom stereocenters. The molecule has 1 aromatic heterocycles. The molecule has 0 N–H and O–H groups in total. The fraction of sp³-hybridized carbons (Fsp3) is 0.692. The van der Waals surface area contributed by atoms with Crippen LogP contribution in [0.5, 0.6) is 0 Å². The smallest absolute Gasteiger partial charge is 0.219 e. The van der Waals surface area contributed by atoms with E-state index in [2.05, 4.69) is 21.0 Å². The molecule has 0 radical (unpaired) electrons. The normalized spacial score (nSPS) is 23.3. The van der Waals surface area contributed by atoms with E-state index in [0.717, 1.165) is 42.6 Å². The Hall–Kier alpha value is -0.880. The molecular weight excluding hydrogens is 310 g/mol. The summed E-state index contributed by atoms with van der Waals surface area (Å²) in [5, 5.41) is 4.58. The zero-order valence-corrected chi connectivity index (χ0v) is 12.6. The third kappa shape index (κ3) is 2.43. The first kappa shape index (κ1) is 13.1. The van der Waals surface area contributed by atoms with Crippen LogP contribution < -0.4 is 0 Å². The topological polar surface area (TPSA) is 47.4 Å². The summed E-state index contributed by atoms with van der Waals surface area (Å²) in [5.41, 5.74) is 2.35. The van der Waals surface area contributed by atoms with Crippen molar-refractivity contribution in [2.45, 2.75) is 45.4 Å². The van der Waals surface area contributed by atoms with Crippen LogP contribution in [0.1, 0.15) is 43.7 Å². The Kier molecular flexibility index (Phi) is 3.62. The summed E-state index contributed by atoms with van der Waals surface area (Å²) < 4.78 is 8.69. The highest BCUT2D eigenvalue weighted by Gasteiger charge is 2.28. The van der Waals surface area contributed by atoms with Gasteiger partial charge in [0.25, 0.3) is 0 Å².